The second-order valence-corrected chi connectivity index (χ2v) is 8.54. The predicted molar refractivity (Wildman–Crippen MR) is 117 cm³/mol. The molecule has 0 saturated heterocycles. The molecular formula is C26H29NO. The Bertz CT molecular complexity index is 997. The number of benzene rings is 3. The summed E-state index contributed by atoms with van der Waals surface area (Å²) < 4.78 is 6.68. The highest BCUT2D eigenvalue weighted by Gasteiger charge is 2.44. The van der Waals surface area contributed by atoms with Crippen LogP contribution in [-0.2, 0) is 0 Å². The third-order valence-electron chi connectivity index (χ3n) is 6.73. The van der Waals surface area contributed by atoms with Gasteiger partial charge in [0.05, 0.1) is 6.04 Å². The molecule has 0 aromatic heterocycles. The summed E-state index contributed by atoms with van der Waals surface area (Å²) in [5, 5.41) is 2.65. The molecule has 5 rings (SSSR count). The molecule has 144 valence electrons. The first-order chi connectivity index (χ1) is 13.7. The largest absolute Gasteiger partial charge is 0.487 e. The van der Waals surface area contributed by atoms with Gasteiger partial charge in [0.15, 0.2) is 0 Å². The van der Waals surface area contributed by atoms with Crippen LogP contribution in [0.2, 0.25) is 0 Å². The summed E-state index contributed by atoms with van der Waals surface area (Å²) in [6.45, 7) is 5.44. The summed E-state index contributed by atoms with van der Waals surface area (Å²) in [5.41, 5.74) is 3.98. The fourth-order valence-electron chi connectivity index (χ4n) is 5.36. The standard InChI is InChI=1S/C26H29NO/c1-3-27(23-12-8-10-20-9-4-5-11-21(20)23)24-18-26(15-6-7-16-26)28-25-17-19(2)13-14-22(24)25/h4-5,8-14,17,24H,3,6-7,15-16,18H2,1-2H3. The molecule has 0 bridgehead atoms. The van der Waals surface area contributed by atoms with Crippen molar-refractivity contribution in [3.8, 4) is 5.75 Å². The Morgan fingerprint density at radius 2 is 1.79 bits per heavy atom. The molecule has 0 N–H and O–H groups in total. The first-order valence-electron chi connectivity index (χ1n) is 10.7. The van der Waals surface area contributed by atoms with Crippen LogP contribution in [-0.4, -0.2) is 12.1 Å². The highest BCUT2D eigenvalue weighted by Crippen LogP contribution is 2.50. The minimum Gasteiger partial charge on any atom is -0.487 e. The molecule has 2 heteroatoms. The number of rotatable bonds is 3. The van der Waals surface area contributed by atoms with Crippen LogP contribution in [0.4, 0.5) is 5.69 Å². The summed E-state index contributed by atoms with van der Waals surface area (Å²) in [4.78, 5) is 2.61. The van der Waals surface area contributed by atoms with E-state index >= 15 is 0 Å². The number of ether oxygens (including phenoxy) is 1. The van der Waals surface area contributed by atoms with Gasteiger partial charge in [-0.25, -0.2) is 0 Å². The SMILES string of the molecule is CCN(c1cccc2ccccc12)C1CC2(CCCC2)Oc2cc(C)ccc21. The van der Waals surface area contributed by atoms with Crippen molar-refractivity contribution in [2.75, 3.05) is 11.4 Å². The van der Waals surface area contributed by atoms with Gasteiger partial charge in [-0.3, -0.25) is 0 Å². The monoisotopic (exact) mass is 371 g/mol. The Hall–Kier alpha value is -2.48. The Kier molecular flexibility index (Phi) is 4.30. The zero-order valence-corrected chi connectivity index (χ0v) is 16.9. The minimum atomic E-state index is 0.0173. The molecule has 1 aliphatic heterocycles. The molecule has 2 nitrogen and oxygen atoms in total. The second kappa shape index (κ2) is 6.84. The first kappa shape index (κ1) is 17.6. The van der Waals surface area contributed by atoms with Crippen LogP contribution in [0.5, 0.6) is 5.75 Å². The molecule has 0 radical (unpaired) electrons. The molecule has 3 aromatic carbocycles. The zero-order valence-electron chi connectivity index (χ0n) is 16.9. The topological polar surface area (TPSA) is 12.5 Å². The quantitative estimate of drug-likeness (QED) is 0.501. The fraction of sp³-hybridized carbons (Fsp3) is 0.385. The van der Waals surface area contributed by atoms with Crippen molar-refractivity contribution in [2.45, 2.75) is 57.6 Å². The van der Waals surface area contributed by atoms with Crippen LogP contribution in [0.15, 0.2) is 60.7 Å². The van der Waals surface area contributed by atoms with Gasteiger partial charge in [0.25, 0.3) is 0 Å². The van der Waals surface area contributed by atoms with Crippen LogP contribution in [0.1, 0.15) is 56.2 Å². The average Bonchev–Trinajstić information content (AvgIpc) is 3.15. The van der Waals surface area contributed by atoms with Gasteiger partial charge in [0.1, 0.15) is 11.4 Å². The van der Waals surface area contributed by atoms with Crippen LogP contribution >= 0.6 is 0 Å². The number of hydrogen-bond acceptors (Lipinski definition) is 2. The maximum Gasteiger partial charge on any atom is 0.125 e. The van der Waals surface area contributed by atoms with Crippen LogP contribution in [0.25, 0.3) is 10.8 Å². The van der Waals surface area contributed by atoms with E-state index in [0.29, 0.717) is 6.04 Å². The number of hydrogen-bond donors (Lipinski definition) is 0. The number of fused-ring (bicyclic) bond motifs is 2. The summed E-state index contributed by atoms with van der Waals surface area (Å²) in [6.07, 6.45) is 6.02. The lowest BCUT2D eigenvalue weighted by atomic mass is 9.84. The summed E-state index contributed by atoms with van der Waals surface area (Å²) in [5.74, 6) is 1.11. The third-order valence-corrected chi connectivity index (χ3v) is 6.73. The second-order valence-electron chi connectivity index (χ2n) is 8.54. The van der Waals surface area contributed by atoms with E-state index in [9.17, 15) is 0 Å². The van der Waals surface area contributed by atoms with Gasteiger partial charge in [-0.05, 0) is 62.6 Å². The molecule has 1 saturated carbocycles. The van der Waals surface area contributed by atoms with E-state index in [1.54, 1.807) is 0 Å². The van der Waals surface area contributed by atoms with Crippen molar-refractivity contribution in [1.29, 1.82) is 0 Å². The van der Waals surface area contributed by atoms with Crippen molar-refractivity contribution < 1.29 is 4.74 Å². The Morgan fingerprint density at radius 1 is 1.00 bits per heavy atom. The molecule has 1 unspecified atom stereocenters. The van der Waals surface area contributed by atoms with Gasteiger partial charge in [-0.1, -0.05) is 48.5 Å². The summed E-state index contributed by atoms with van der Waals surface area (Å²) in [6, 6.07) is 22.6. The normalized spacial score (nSPS) is 20.1. The highest BCUT2D eigenvalue weighted by molar-refractivity contribution is 5.94. The van der Waals surface area contributed by atoms with Crippen molar-refractivity contribution >= 4 is 16.5 Å². The van der Waals surface area contributed by atoms with E-state index in [-0.39, 0.29) is 5.60 Å². The summed E-state index contributed by atoms with van der Waals surface area (Å²) >= 11 is 0. The van der Waals surface area contributed by atoms with E-state index in [2.05, 4.69) is 79.4 Å². The van der Waals surface area contributed by atoms with E-state index < -0.39 is 0 Å². The van der Waals surface area contributed by atoms with Gasteiger partial charge < -0.3 is 9.64 Å². The molecular weight excluding hydrogens is 342 g/mol. The van der Waals surface area contributed by atoms with Gasteiger partial charge in [0.2, 0.25) is 0 Å². The minimum absolute atomic E-state index is 0.0173. The van der Waals surface area contributed by atoms with E-state index in [0.717, 1.165) is 18.7 Å². The molecule has 0 amide bonds. The molecule has 28 heavy (non-hydrogen) atoms. The third kappa shape index (κ3) is 2.87. The molecule has 2 aliphatic rings. The van der Waals surface area contributed by atoms with Crippen molar-refractivity contribution in [3.05, 3.63) is 71.8 Å². The Labute approximate surface area is 168 Å². The zero-order chi connectivity index (χ0) is 19.1. The smallest absolute Gasteiger partial charge is 0.125 e. The van der Waals surface area contributed by atoms with Gasteiger partial charge >= 0.3 is 0 Å². The predicted octanol–water partition coefficient (Wildman–Crippen LogP) is 6.81. The van der Waals surface area contributed by atoms with E-state index in [1.807, 2.05) is 0 Å². The van der Waals surface area contributed by atoms with Gasteiger partial charge in [0, 0.05) is 29.6 Å². The van der Waals surface area contributed by atoms with Crippen LogP contribution < -0.4 is 9.64 Å². The van der Waals surface area contributed by atoms with Crippen molar-refractivity contribution in [2.24, 2.45) is 0 Å². The van der Waals surface area contributed by atoms with Crippen LogP contribution in [0, 0.1) is 6.92 Å². The molecule has 1 aliphatic carbocycles. The summed E-state index contributed by atoms with van der Waals surface area (Å²) in [7, 11) is 0. The van der Waals surface area contributed by atoms with E-state index in [4.69, 9.17) is 4.74 Å². The lowest BCUT2D eigenvalue weighted by Crippen LogP contribution is -2.43. The number of anilines is 1. The average molecular weight is 372 g/mol. The number of nitrogens with zero attached hydrogens (tertiary/aromatic N) is 1. The van der Waals surface area contributed by atoms with Crippen molar-refractivity contribution in [1.82, 2.24) is 0 Å². The van der Waals surface area contributed by atoms with Gasteiger partial charge in [-0.15, -0.1) is 0 Å². The van der Waals surface area contributed by atoms with E-state index in [1.165, 1.54) is 53.3 Å². The highest BCUT2D eigenvalue weighted by atomic mass is 16.5. The molecule has 1 atom stereocenters. The fourth-order valence-corrected chi connectivity index (χ4v) is 5.36. The maximum atomic E-state index is 6.68. The Balaban J connectivity index is 1.65. The maximum absolute atomic E-state index is 6.68. The lowest BCUT2D eigenvalue weighted by Gasteiger charge is -2.45. The van der Waals surface area contributed by atoms with Crippen molar-refractivity contribution in [3.63, 3.8) is 0 Å². The molecule has 1 heterocycles. The lowest BCUT2D eigenvalue weighted by molar-refractivity contribution is 0.0413. The number of aryl methyl sites for hydroxylation is 1. The van der Waals surface area contributed by atoms with Gasteiger partial charge in [-0.2, -0.15) is 0 Å². The molecule has 1 fully saturated rings. The first-order valence-corrected chi connectivity index (χ1v) is 10.7. The molecule has 1 spiro atoms. The molecule has 3 aromatic rings. The Morgan fingerprint density at radius 3 is 2.61 bits per heavy atom. The van der Waals surface area contributed by atoms with Crippen LogP contribution in [0.3, 0.4) is 0 Å².